The highest BCUT2D eigenvalue weighted by atomic mass is 16.2. The number of pyridine rings is 1. The third-order valence-corrected chi connectivity index (χ3v) is 2.37. The Morgan fingerprint density at radius 3 is 2.73 bits per heavy atom. The molecule has 0 spiro atoms. The quantitative estimate of drug-likeness (QED) is 0.543. The van der Waals surface area contributed by atoms with E-state index in [2.05, 4.69) is 10.3 Å². The monoisotopic (exact) mass is 202 g/mol. The first-order chi connectivity index (χ1) is 7.18. The number of nitrogens with zero attached hydrogens (tertiary/aromatic N) is 1. The zero-order chi connectivity index (χ0) is 10.8. The number of allylic oxidation sites excluding steroid dienone is 1. The van der Waals surface area contributed by atoms with Crippen LogP contribution in [0.2, 0.25) is 0 Å². The number of hydrogen-bond donors (Lipinski definition) is 1. The number of rotatable bonds is 1. The van der Waals surface area contributed by atoms with Crippen LogP contribution in [0, 0.1) is 0 Å². The zero-order valence-corrected chi connectivity index (χ0v) is 8.28. The van der Waals surface area contributed by atoms with E-state index in [0.717, 1.165) is 11.3 Å². The Balaban J connectivity index is 2.42. The molecule has 4 nitrogen and oxygen atoms in total. The predicted octanol–water partition coefficient (Wildman–Crippen LogP) is 0.902. The van der Waals surface area contributed by atoms with Gasteiger partial charge in [-0.2, -0.15) is 0 Å². The third-order valence-electron chi connectivity index (χ3n) is 2.37. The molecule has 1 saturated heterocycles. The molecule has 0 aromatic carbocycles. The van der Waals surface area contributed by atoms with Crippen LogP contribution >= 0.6 is 0 Å². The topological polar surface area (TPSA) is 59.1 Å². The van der Waals surface area contributed by atoms with Gasteiger partial charge in [-0.25, -0.2) is 0 Å². The van der Waals surface area contributed by atoms with Crippen molar-refractivity contribution in [1.29, 1.82) is 0 Å². The average molecular weight is 202 g/mol. The summed E-state index contributed by atoms with van der Waals surface area (Å²) in [5, 5.41) is 2.25. The molecule has 15 heavy (non-hydrogen) atoms. The van der Waals surface area contributed by atoms with E-state index >= 15 is 0 Å². The van der Waals surface area contributed by atoms with E-state index in [1.807, 2.05) is 12.1 Å². The lowest BCUT2D eigenvalue weighted by molar-refractivity contribution is -0.124. The van der Waals surface area contributed by atoms with Crippen LogP contribution in [-0.2, 0) is 9.59 Å². The molecule has 0 unspecified atom stereocenters. The Bertz CT molecular complexity index is 449. The average Bonchev–Trinajstić information content (AvgIpc) is 2.58. The SMILES string of the molecule is CC(=C1CC(=O)NC1=O)c1ccccn1. The van der Waals surface area contributed by atoms with Crippen molar-refractivity contribution >= 4 is 17.4 Å². The summed E-state index contributed by atoms with van der Waals surface area (Å²) >= 11 is 0. The van der Waals surface area contributed by atoms with Crippen molar-refractivity contribution in [3.8, 4) is 0 Å². The normalized spacial score (nSPS) is 19.0. The molecule has 1 fully saturated rings. The van der Waals surface area contributed by atoms with E-state index in [1.165, 1.54) is 0 Å². The van der Waals surface area contributed by atoms with Crippen LogP contribution in [0.15, 0.2) is 30.0 Å². The van der Waals surface area contributed by atoms with E-state index in [9.17, 15) is 9.59 Å². The minimum absolute atomic E-state index is 0.154. The van der Waals surface area contributed by atoms with Gasteiger partial charge in [0, 0.05) is 11.8 Å². The van der Waals surface area contributed by atoms with Crippen LogP contribution in [0.3, 0.4) is 0 Å². The maximum atomic E-state index is 11.4. The first kappa shape index (κ1) is 9.58. The van der Waals surface area contributed by atoms with E-state index in [4.69, 9.17) is 0 Å². The van der Waals surface area contributed by atoms with Crippen molar-refractivity contribution in [1.82, 2.24) is 10.3 Å². The van der Waals surface area contributed by atoms with Gasteiger partial charge in [-0.1, -0.05) is 6.07 Å². The number of carbonyl (C=O) groups excluding carboxylic acids is 2. The molecule has 0 radical (unpaired) electrons. The summed E-state index contributed by atoms with van der Waals surface area (Å²) in [7, 11) is 0. The Morgan fingerprint density at radius 1 is 1.40 bits per heavy atom. The molecule has 0 bridgehead atoms. The molecule has 1 N–H and O–H groups in total. The molecular weight excluding hydrogens is 192 g/mol. The van der Waals surface area contributed by atoms with Gasteiger partial charge in [0.2, 0.25) is 5.91 Å². The molecule has 2 rings (SSSR count). The first-order valence-electron chi connectivity index (χ1n) is 4.64. The van der Waals surface area contributed by atoms with Crippen LogP contribution in [-0.4, -0.2) is 16.8 Å². The van der Waals surface area contributed by atoms with Gasteiger partial charge >= 0.3 is 0 Å². The lowest BCUT2D eigenvalue weighted by Crippen LogP contribution is -2.19. The Kier molecular flexibility index (Phi) is 2.33. The highest BCUT2D eigenvalue weighted by Crippen LogP contribution is 2.21. The van der Waals surface area contributed by atoms with Crippen LogP contribution in [0.4, 0.5) is 0 Å². The molecule has 76 valence electrons. The predicted molar refractivity (Wildman–Crippen MR) is 54.6 cm³/mol. The molecule has 1 aliphatic rings. The summed E-state index contributed by atoms with van der Waals surface area (Å²) in [6.07, 6.45) is 1.81. The molecule has 1 aromatic heterocycles. The molecule has 0 aliphatic carbocycles. The molecule has 0 atom stereocenters. The summed E-state index contributed by atoms with van der Waals surface area (Å²) in [4.78, 5) is 26.5. The first-order valence-corrected chi connectivity index (χ1v) is 4.64. The van der Waals surface area contributed by atoms with Crippen molar-refractivity contribution in [2.24, 2.45) is 0 Å². The summed E-state index contributed by atoms with van der Waals surface area (Å²) in [5.41, 5.74) is 2.01. The Hall–Kier alpha value is -1.97. The molecule has 2 heterocycles. The highest BCUT2D eigenvalue weighted by molar-refractivity contribution is 6.16. The van der Waals surface area contributed by atoms with Crippen LogP contribution < -0.4 is 5.32 Å². The largest absolute Gasteiger partial charge is 0.292 e. The highest BCUT2D eigenvalue weighted by Gasteiger charge is 2.26. The van der Waals surface area contributed by atoms with Crippen molar-refractivity contribution in [2.75, 3.05) is 0 Å². The number of imide groups is 1. The third kappa shape index (κ3) is 1.79. The summed E-state index contributed by atoms with van der Waals surface area (Å²) in [6.45, 7) is 1.80. The number of aromatic nitrogens is 1. The summed E-state index contributed by atoms with van der Waals surface area (Å²) < 4.78 is 0. The van der Waals surface area contributed by atoms with Gasteiger partial charge in [0.25, 0.3) is 5.91 Å². The summed E-state index contributed by atoms with van der Waals surface area (Å²) in [5.74, 6) is -0.548. The van der Waals surface area contributed by atoms with Crippen LogP contribution in [0.5, 0.6) is 0 Å². The number of hydrogen-bond acceptors (Lipinski definition) is 3. The maximum absolute atomic E-state index is 11.4. The van der Waals surface area contributed by atoms with Gasteiger partial charge in [0.05, 0.1) is 12.1 Å². The van der Waals surface area contributed by atoms with E-state index in [0.29, 0.717) is 5.57 Å². The van der Waals surface area contributed by atoms with Gasteiger partial charge in [-0.3, -0.25) is 19.9 Å². The fourth-order valence-corrected chi connectivity index (χ4v) is 1.53. The van der Waals surface area contributed by atoms with Gasteiger partial charge in [-0.05, 0) is 24.6 Å². The molecule has 0 saturated carbocycles. The second kappa shape index (κ2) is 3.65. The lowest BCUT2D eigenvalue weighted by Gasteiger charge is -2.02. The Labute approximate surface area is 87.0 Å². The van der Waals surface area contributed by atoms with Crippen molar-refractivity contribution < 1.29 is 9.59 Å². The van der Waals surface area contributed by atoms with Gasteiger partial charge in [0.15, 0.2) is 0 Å². The van der Waals surface area contributed by atoms with Crippen molar-refractivity contribution in [3.63, 3.8) is 0 Å². The fraction of sp³-hybridized carbons (Fsp3) is 0.182. The minimum atomic E-state index is -0.303. The smallest absolute Gasteiger partial charge is 0.254 e. The Morgan fingerprint density at radius 2 is 2.20 bits per heavy atom. The van der Waals surface area contributed by atoms with E-state index < -0.39 is 0 Å². The second-order valence-corrected chi connectivity index (χ2v) is 3.37. The van der Waals surface area contributed by atoms with E-state index in [-0.39, 0.29) is 18.2 Å². The number of amides is 2. The second-order valence-electron chi connectivity index (χ2n) is 3.37. The van der Waals surface area contributed by atoms with Gasteiger partial charge in [-0.15, -0.1) is 0 Å². The molecule has 4 heteroatoms. The number of carbonyl (C=O) groups is 2. The van der Waals surface area contributed by atoms with Gasteiger partial charge in [0.1, 0.15) is 0 Å². The molecular formula is C11H10N2O2. The van der Waals surface area contributed by atoms with Crippen molar-refractivity contribution in [2.45, 2.75) is 13.3 Å². The molecule has 1 aliphatic heterocycles. The number of nitrogens with one attached hydrogen (secondary N) is 1. The van der Waals surface area contributed by atoms with Gasteiger partial charge < -0.3 is 0 Å². The van der Waals surface area contributed by atoms with Crippen LogP contribution in [0.25, 0.3) is 5.57 Å². The zero-order valence-electron chi connectivity index (χ0n) is 8.28. The van der Waals surface area contributed by atoms with Crippen LogP contribution in [0.1, 0.15) is 19.0 Å². The summed E-state index contributed by atoms with van der Waals surface area (Å²) in [6, 6.07) is 5.47. The van der Waals surface area contributed by atoms with E-state index in [1.54, 1.807) is 19.2 Å². The van der Waals surface area contributed by atoms with Crippen molar-refractivity contribution in [3.05, 3.63) is 35.7 Å². The molecule has 1 aromatic rings. The lowest BCUT2D eigenvalue weighted by atomic mass is 10.0. The standard InChI is InChI=1S/C11H10N2O2/c1-7(9-4-2-3-5-12-9)8-6-10(14)13-11(8)15/h2-5H,6H2,1H3,(H,13,14,15). The maximum Gasteiger partial charge on any atom is 0.254 e. The minimum Gasteiger partial charge on any atom is -0.292 e. The fourth-order valence-electron chi connectivity index (χ4n) is 1.53. The molecule has 2 amide bonds.